The molecule has 2 aromatic heterocycles. The normalized spacial score (nSPS) is 11.0. The molecule has 4 nitrogen and oxygen atoms in total. The number of fused-ring (bicyclic) bond motifs is 1. The molecule has 0 fully saturated rings. The first-order valence-electron chi connectivity index (χ1n) is 6.35. The van der Waals surface area contributed by atoms with Crippen molar-refractivity contribution in [1.82, 2.24) is 9.97 Å². The number of hydrogen-bond acceptors (Lipinski definition) is 5. The van der Waals surface area contributed by atoms with Gasteiger partial charge < -0.3 is 11.1 Å². The Hall–Kier alpha value is -1.73. The van der Waals surface area contributed by atoms with Crippen LogP contribution >= 0.6 is 27.3 Å². The lowest BCUT2D eigenvalue weighted by molar-refractivity contribution is 0.631. The van der Waals surface area contributed by atoms with Gasteiger partial charge in [0, 0.05) is 9.35 Å². The molecule has 0 spiro atoms. The van der Waals surface area contributed by atoms with Gasteiger partial charge in [-0.2, -0.15) is 4.98 Å². The molecule has 1 aromatic carbocycles. The van der Waals surface area contributed by atoms with Crippen molar-refractivity contribution < 1.29 is 4.39 Å². The summed E-state index contributed by atoms with van der Waals surface area (Å²) in [7, 11) is 0. The molecule has 0 radical (unpaired) electrons. The highest BCUT2D eigenvalue weighted by molar-refractivity contribution is 9.10. The maximum atomic E-state index is 13.9. The van der Waals surface area contributed by atoms with Crippen molar-refractivity contribution in [3.63, 3.8) is 0 Å². The highest BCUT2D eigenvalue weighted by Gasteiger charge is 2.12. The van der Waals surface area contributed by atoms with E-state index in [4.69, 9.17) is 5.73 Å². The number of rotatable bonds is 3. The van der Waals surface area contributed by atoms with Crippen molar-refractivity contribution in [2.24, 2.45) is 0 Å². The topological polar surface area (TPSA) is 63.8 Å². The van der Waals surface area contributed by atoms with Gasteiger partial charge in [0.2, 0.25) is 5.95 Å². The number of anilines is 3. The van der Waals surface area contributed by atoms with Crippen LogP contribution in [0.3, 0.4) is 0 Å². The van der Waals surface area contributed by atoms with E-state index in [2.05, 4.69) is 38.1 Å². The molecule has 0 aliphatic carbocycles. The van der Waals surface area contributed by atoms with Gasteiger partial charge in [0.25, 0.3) is 0 Å². The maximum absolute atomic E-state index is 13.9. The quantitative estimate of drug-likeness (QED) is 0.716. The number of nitrogens with zero attached hydrogens (tertiary/aromatic N) is 2. The molecule has 0 amide bonds. The van der Waals surface area contributed by atoms with Crippen LogP contribution in [0.5, 0.6) is 0 Å². The van der Waals surface area contributed by atoms with Crippen LogP contribution in [0.2, 0.25) is 0 Å². The molecule has 0 aliphatic rings. The van der Waals surface area contributed by atoms with Gasteiger partial charge >= 0.3 is 0 Å². The average Bonchev–Trinajstić information content (AvgIpc) is 2.85. The van der Waals surface area contributed by atoms with Gasteiger partial charge in [0.15, 0.2) is 0 Å². The van der Waals surface area contributed by atoms with Crippen molar-refractivity contribution in [3.05, 3.63) is 39.4 Å². The Bertz CT molecular complexity index is 818. The van der Waals surface area contributed by atoms with Crippen molar-refractivity contribution in [1.29, 1.82) is 0 Å². The van der Waals surface area contributed by atoms with Gasteiger partial charge in [-0.3, -0.25) is 0 Å². The standard InChI is InChI=1S/C14H12BrFN4S/c1-2-8-6-9-12(19-14(17)20-13(9)21-8)18-11-4-3-7(15)5-10(11)16/h3-6H,2H2,1H3,(H3,17,18,19,20). The molecule has 0 bridgehead atoms. The lowest BCUT2D eigenvalue weighted by atomic mass is 10.2. The summed E-state index contributed by atoms with van der Waals surface area (Å²) in [6.45, 7) is 2.07. The van der Waals surface area contributed by atoms with E-state index in [0.29, 0.717) is 16.0 Å². The molecule has 7 heteroatoms. The van der Waals surface area contributed by atoms with Crippen molar-refractivity contribution >= 4 is 54.9 Å². The zero-order valence-electron chi connectivity index (χ0n) is 11.2. The minimum atomic E-state index is -0.361. The molecule has 0 unspecified atom stereocenters. The van der Waals surface area contributed by atoms with Gasteiger partial charge in [-0.1, -0.05) is 22.9 Å². The third kappa shape index (κ3) is 2.84. The van der Waals surface area contributed by atoms with Crippen LogP contribution in [0, 0.1) is 5.82 Å². The Morgan fingerprint density at radius 3 is 2.86 bits per heavy atom. The van der Waals surface area contributed by atoms with Crippen molar-refractivity contribution in [2.45, 2.75) is 13.3 Å². The molecule has 2 heterocycles. The third-order valence-electron chi connectivity index (χ3n) is 2.99. The number of halogens is 2. The van der Waals surface area contributed by atoms with Crippen LogP contribution in [0.15, 0.2) is 28.7 Å². The third-order valence-corrected chi connectivity index (χ3v) is 4.66. The summed E-state index contributed by atoms with van der Waals surface area (Å²) in [6, 6.07) is 6.82. The summed E-state index contributed by atoms with van der Waals surface area (Å²) in [4.78, 5) is 10.4. The number of nitrogens with two attached hydrogens (primary N) is 1. The van der Waals surface area contributed by atoms with Crippen LogP contribution in [-0.4, -0.2) is 9.97 Å². The Kier molecular flexibility index (Phi) is 3.77. The summed E-state index contributed by atoms with van der Waals surface area (Å²) < 4.78 is 14.6. The summed E-state index contributed by atoms with van der Waals surface area (Å²) in [5, 5.41) is 3.86. The molecule has 0 saturated carbocycles. The number of nitrogens with one attached hydrogen (secondary N) is 1. The van der Waals surface area contributed by atoms with Crippen LogP contribution in [0.1, 0.15) is 11.8 Å². The number of aryl methyl sites for hydroxylation is 1. The first-order chi connectivity index (χ1) is 10.1. The summed E-state index contributed by atoms with van der Waals surface area (Å²) in [6.07, 6.45) is 0.910. The molecule has 0 saturated heterocycles. The Labute approximate surface area is 133 Å². The molecule has 3 rings (SSSR count). The Balaban J connectivity index is 2.08. The molecule has 3 N–H and O–H groups in total. The Morgan fingerprint density at radius 1 is 1.33 bits per heavy atom. The van der Waals surface area contributed by atoms with E-state index in [1.54, 1.807) is 23.5 Å². The van der Waals surface area contributed by atoms with Crippen LogP contribution < -0.4 is 11.1 Å². The SMILES string of the molecule is CCc1cc2c(Nc3ccc(Br)cc3F)nc(N)nc2s1. The summed E-state index contributed by atoms with van der Waals surface area (Å²) in [5.74, 6) is 0.336. The summed E-state index contributed by atoms with van der Waals surface area (Å²) in [5.41, 5.74) is 6.08. The molecule has 0 aliphatic heterocycles. The molecule has 108 valence electrons. The Morgan fingerprint density at radius 2 is 2.14 bits per heavy atom. The van der Waals surface area contributed by atoms with E-state index in [1.807, 2.05) is 6.07 Å². The average molecular weight is 367 g/mol. The number of hydrogen-bond donors (Lipinski definition) is 2. The minimum absolute atomic E-state index is 0.173. The fourth-order valence-electron chi connectivity index (χ4n) is 1.98. The molecule has 3 aromatic rings. The molecular formula is C14H12BrFN4S. The fourth-order valence-corrected chi connectivity index (χ4v) is 3.28. The molecule has 0 atom stereocenters. The van der Waals surface area contributed by atoms with E-state index < -0.39 is 0 Å². The van der Waals surface area contributed by atoms with Gasteiger partial charge in [-0.05, 0) is 30.7 Å². The van der Waals surface area contributed by atoms with E-state index in [0.717, 1.165) is 16.6 Å². The first-order valence-corrected chi connectivity index (χ1v) is 7.95. The van der Waals surface area contributed by atoms with Crippen LogP contribution in [0.4, 0.5) is 21.8 Å². The number of thiophene rings is 1. The van der Waals surface area contributed by atoms with Crippen molar-refractivity contribution in [2.75, 3.05) is 11.1 Å². The van der Waals surface area contributed by atoms with Gasteiger partial charge in [0.1, 0.15) is 16.5 Å². The van der Waals surface area contributed by atoms with Gasteiger partial charge in [-0.25, -0.2) is 9.37 Å². The fraction of sp³-hybridized carbons (Fsp3) is 0.143. The number of benzene rings is 1. The van der Waals surface area contributed by atoms with E-state index >= 15 is 0 Å². The van der Waals surface area contributed by atoms with Gasteiger partial charge in [0.05, 0.1) is 11.1 Å². The summed E-state index contributed by atoms with van der Waals surface area (Å²) >= 11 is 4.80. The predicted molar refractivity (Wildman–Crippen MR) is 88.6 cm³/mol. The van der Waals surface area contributed by atoms with Gasteiger partial charge in [-0.15, -0.1) is 11.3 Å². The minimum Gasteiger partial charge on any atom is -0.368 e. The number of aromatic nitrogens is 2. The van der Waals surface area contributed by atoms with E-state index in [-0.39, 0.29) is 11.8 Å². The van der Waals surface area contributed by atoms with Crippen LogP contribution in [0.25, 0.3) is 10.2 Å². The lowest BCUT2D eigenvalue weighted by Gasteiger charge is -2.08. The number of nitrogen functional groups attached to an aromatic ring is 1. The second-order valence-corrected chi connectivity index (χ2v) is 6.50. The highest BCUT2D eigenvalue weighted by Crippen LogP contribution is 2.32. The first kappa shape index (κ1) is 14.2. The maximum Gasteiger partial charge on any atom is 0.223 e. The lowest BCUT2D eigenvalue weighted by Crippen LogP contribution is -2.01. The van der Waals surface area contributed by atoms with Crippen LogP contribution in [-0.2, 0) is 6.42 Å². The largest absolute Gasteiger partial charge is 0.368 e. The smallest absolute Gasteiger partial charge is 0.223 e. The van der Waals surface area contributed by atoms with E-state index in [9.17, 15) is 4.39 Å². The monoisotopic (exact) mass is 366 g/mol. The zero-order valence-corrected chi connectivity index (χ0v) is 13.6. The van der Waals surface area contributed by atoms with Crippen molar-refractivity contribution in [3.8, 4) is 0 Å². The zero-order chi connectivity index (χ0) is 15.0. The predicted octanol–water partition coefficient (Wildman–Crippen LogP) is 4.48. The van der Waals surface area contributed by atoms with E-state index in [1.165, 1.54) is 10.9 Å². The molecule has 21 heavy (non-hydrogen) atoms. The molecular weight excluding hydrogens is 355 g/mol. The second-order valence-electron chi connectivity index (χ2n) is 4.46. The second kappa shape index (κ2) is 5.57. The highest BCUT2D eigenvalue weighted by atomic mass is 79.9.